The van der Waals surface area contributed by atoms with Crippen LogP contribution in [0.4, 0.5) is 0 Å². The van der Waals surface area contributed by atoms with Gasteiger partial charge in [-0.1, -0.05) is 0 Å². The van der Waals surface area contributed by atoms with Crippen LogP contribution in [0, 0.1) is 0 Å². The van der Waals surface area contributed by atoms with Crippen molar-refractivity contribution in [3.05, 3.63) is 34.9 Å². The maximum Gasteiger partial charge on any atom is 0.342 e. The zero-order valence-corrected chi connectivity index (χ0v) is 12.0. The van der Waals surface area contributed by atoms with Gasteiger partial charge in [-0.25, -0.2) is 9.59 Å². The molecular formula is C15H14O7. The number of methoxy groups -OCH3 is 1. The molecule has 0 saturated heterocycles. The van der Waals surface area contributed by atoms with Crippen LogP contribution >= 0.6 is 0 Å². The standard InChI is InChI=1S/C15H14O7/c1-7(16)13-9-5-8(3-4-12(18)19)22-15(20)14(9)10(17)6-11(13)21-2/h3-4,6,8,17H,5H2,1-2H3,(H,18,19)/t8-/m1/s1. The molecule has 0 aromatic heterocycles. The lowest BCUT2D eigenvalue weighted by Crippen LogP contribution is -2.28. The van der Waals surface area contributed by atoms with Gasteiger partial charge in [0.1, 0.15) is 23.2 Å². The molecule has 1 atom stereocenters. The van der Waals surface area contributed by atoms with Crippen LogP contribution in [0.15, 0.2) is 18.2 Å². The van der Waals surface area contributed by atoms with Crippen LogP contribution in [0.5, 0.6) is 11.5 Å². The fourth-order valence-corrected chi connectivity index (χ4v) is 2.41. The van der Waals surface area contributed by atoms with E-state index < -0.39 is 18.0 Å². The van der Waals surface area contributed by atoms with E-state index in [-0.39, 0.29) is 34.8 Å². The normalized spacial score (nSPS) is 17.0. The Labute approximate surface area is 125 Å². The zero-order valence-electron chi connectivity index (χ0n) is 12.0. The van der Waals surface area contributed by atoms with E-state index in [0.29, 0.717) is 5.56 Å². The first-order chi connectivity index (χ1) is 10.3. The highest BCUT2D eigenvalue weighted by molar-refractivity contribution is 6.04. The minimum atomic E-state index is -1.18. The van der Waals surface area contributed by atoms with E-state index in [9.17, 15) is 19.5 Å². The topological polar surface area (TPSA) is 110 Å². The second-order valence-corrected chi connectivity index (χ2v) is 4.73. The van der Waals surface area contributed by atoms with Crippen molar-refractivity contribution in [2.75, 3.05) is 7.11 Å². The van der Waals surface area contributed by atoms with E-state index in [2.05, 4.69) is 0 Å². The van der Waals surface area contributed by atoms with Gasteiger partial charge in [0.05, 0.1) is 12.7 Å². The Morgan fingerprint density at radius 1 is 1.45 bits per heavy atom. The summed E-state index contributed by atoms with van der Waals surface area (Å²) in [4.78, 5) is 34.4. The van der Waals surface area contributed by atoms with Crippen LogP contribution in [0.2, 0.25) is 0 Å². The number of aromatic hydroxyl groups is 1. The van der Waals surface area contributed by atoms with Crippen molar-refractivity contribution in [2.45, 2.75) is 19.4 Å². The van der Waals surface area contributed by atoms with Crippen molar-refractivity contribution in [3.63, 3.8) is 0 Å². The maximum atomic E-state index is 12.0. The van der Waals surface area contributed by atoms with Gasteiger partial charge in [-0.15, -0.1) is 0 Å². The molecule has 1 aromatic carbocycles. The molecule has 2 N–H and O–H groups in total. The number of fused-ring (bicyclic) bond motifs is 1. The van der Waals surface area contributed by atoms with Crippen molar-refractivity contribution in [1.29, 1.82) is 0 Å². The van der Waals surface area contributed by atoms with Crippen molar-refractivity contribution < 1.29 is 34.1 Å². The molecule has 7 heteroatoms. The molecule has 1 heterocycles. The molecule has 0 bridgehead atoms. The summed E-state index contributed by atoms with van der Waals surface area (Å²) in [6, 6.07) is 1.18. The van der Waals surface area contributed by atoms with Gasteiger partial charge in [-0.3, -0.25) is 4.79 Å². The number of carbonyl (C=O) groups excluding carboxylic acids is 2. The predicted octanol–water partition coefficient (Wildman–Crippen LogP) is 1.33. The van der Waals surface area contributed by atoms with E-state index in [1.807, 2.05) is 0 Å². The summed E-state index contributed by atoms with van der Waals surface area (Å²) in [7, 11) is 1.34. The number of cyclic esters (lactones) is 1. The molecule has 0 amide bonds. The number of phenolic OH excluding ortho intramolecular Hbond substituents is 1. The average Bonchev–Trinajstić information content (AvgIpc) is 2.43. The van der Waals surface area contributed by atoms with Crippen LogP contribution in [-0.2, 0) is 16.0 Å². The van der Waals surface area contributed by atoms with Gasteiger partial charge in [-0.2, -0.15) is 0 Å². The molecule has 0 fully saturated rings. The second kappa shape index (κ2) is 5.88. The predicted molar refractivity (Wildman–Crippen MR) is 74.3 cm³/mol. The number of phenols is 1. The summed E-state index contributed by atoms with van der Waals surface area (Å²) in [5, 5.41) is 18.6. The summed E-state index contributed by atoms with van der Waals surface area (Å²) >= 11 is 0. The molecule has 0 spiro atoms. The summed E-state index contributed by atoms with van der Waals surface area (Å²) in [5.41, 5.74) is 0.382. The number of aliphatic carboxylic acids is 1. The maximum absolute atomic E-state index is 12.0. The Balaban J connectivity index is 2.58. The fraction of sp³-hybridized carbons (Fsp3) is 0.267. The number of hydrogen-bond donors (Lipinski definition) is 2. The minimum absolute atomic E-state index is 0.0739. The lowest BCUT2D eigenvalue weighted by molar-refractivity contribution is -0.131. The first-order valence-corrected chi connectivity index (χ1v) is 6.41. The number of hydrogen-bond acceptors (Lipinski definition) is 6. The van der Waals surface area contributed by atoms with Crippen LogP contribution in [-0.4, -0.2) is 41.1 Å². The average molecular weight is 306 g/mol. The smallest absolute Gasteiger partial charge is 0.342 e. The van der Waals surface area contributed by atoms with E-state index in [4.69, 9.17) is 14.6 Å². The lowest BCUT2D eigenvalue weighted by atomic mass is 9.90. The third-order valence-electron chi connectivity index (χ3n) is 3.27. The largest absolute Gasteiger partial charge is 0.507 e. The van der Waals surface area contributed by atoms with Crippen molar-refractivity contribution in [3.8, 4) is 11.5 Å². The van der Waals surface area contributed by atoms with Gasteiger partial charge < -0.3 is 19.7 Å². The molecule has 7 nitrogen and oxygen atoms in total. The Morgan fingerprint density at radius 3 is 2.68 bits per heavy atom. The monoisotopic (exact) mass is 306 g/mol. The third kappa shape index (κ3) is 2.78. The van der Waals surface area contributed by atoms with E-state index in [1.165, 1.54) is 26.2 Å². The number of carbonyl (C=O) groups is 3. The first kappa shape index (κ1) is 15.6. The summed E-state index contributed by atoms with van der Waals surface area (Å²) in [6.45, 7) is 1.32. The number of esters is 1. The molecule has 22 heavy (non-hydrogen) atoms. The summed E-state index contributed by atoms with van der Waals surface area (Å²) < 4.78 is 10.1. The fourth-order valence-electron chi connectivity index (χ4n) is 2.41. The SMILES string of the molecule is COc1cc(O)c2c(c1C(C)=O)C[C@@H](C=CC(=O)O)OC2=O. The van der Waals surface area contributed by atoms with Gasteiger partial charge in [0.15, 0.2) is 5.78 Å². The molecule has 2 rings (SSSR count). The third-order valence-corrected chi connectivity index (χ3v) is 3.27. The number of Topliss-reactive ketones (excluding diaryl/α,β-unsaturated/α-hetero) is 1. The molecule has 116 valence electrons. The Bertz CT molecular complexity index is 688. The van der Waals surface area contributed by atoms with Gasteiger partial charge in [-0.05, 0) is 18.6 Å². The molecular weight excluding hydrogens is 292 g/mol. The number of carboxylic acid groups (broad SMARTS) is 1. The molecule has 1 aliphatic rings. The molecule has 0 unspecified atom stereocenters. The highest BCUT2D eigenvalue weighted by Crippen LogP contribution is 2.37. The van der Waals surface area contributed by atoms with Gasteiger partial charge in [0.25, 0.3) is 0 Å². The second-order valence-electron chi connectivity index (χ2n) is 4.73. The molecule has 0 saturated carbocycles. The van der Waals surface area contributed by atoms with E-state index in [0.717, 1.165) is 6.08 Å². The molecule has 0 radical (unpaired) electrons. The minimum Gasteiger partial charge on any atom is -0.507 e. The number of carboxylic acids is 1. The highest BCUT2D eigenvalue weighted by Gasteiger charge is 2.33. The van der Waals surface area contributed by atoms with E-state index in [1.54, 1.807) is 0 Å². The van der Waals surface area contributed by atoms with Crippen LogP contribution in [0.3, 0.4) is 0 Å². The number of ether oxygens (including phenoxy) is 2. The van der Waals surface area contributed by atoms with Crippen molar-refractivity contribution in [2.24, 2.45) is 0 Å². The number of ketones is 1. The summed E-state index contributed by atoms with van der Waals surface area (Å²) in [5.74, 6) is -2.52. The van der Waals surface area contributed by atoms with Crippen LogP contribution in [0.1, 0.15) is 33.2 Å². The van der Waals surface area contributed by atoms with Gasteiger partial charge in [0.2, 0.25) is 0 Å². The highest BCUT2D eigenvalue weighted by atomic mass is 16.5. The quantitative estimate of drug-likeness (QED) is 0.490. The zero-order chi connectivity index (χ0) is 16.4. The molecule has 1 aromatic rings. The first-order valence-electron chi connectivity index (χ1n) is 6.41. The van der Waals surface area contributed by atoms with Crippen LogP contribution < -0.4 is 4.74 Å². The van der Waals surface area contributed by atoms with Crippen LogP contribution in [0.25, 0.3) is 0 Å². The summed E-state index contributed by atoms with van der Waals surface area (Å²) in [6.07, 6.45) is 1.31. The number of benzene rings is 1. The van der Waals surface area contributed by atoms with Gasteiger partial charge in [0, 0.05) is 18.6 Å². The Kier molecular flexibility index (Phi) is 4.16. The Morgan fingerprint density at radius 2 is 2.14 bits per heavy atom. The van der Waals surface area contributed by atoms with E-state index >= 15 is 0 Å². The molecule has 1 aliphatic heterocycles. The van der Waals surface area contributed by atoms with Crippen molar-refractivity contribution >= 4 is 17.7 Å². The van der Waals surface area contributed by atoms with Gasteiger partial charge >= 0.3 is 11.9 Å². The molecule has 0 aliphatic carbocycles. The lowest BCUT2D eigenvalue weighted by Gasteiger charge is -2.25. The Hall–Kier alpha value is -2.83. The number of rotatable bonds is 4. The van der Waals surface area contributed by atoms with Crippen molar-refractivity contribution in [1.82, 2.24) is 0 Å².